The van der Waals surface area contributed by atoms with Gasteiger partial charge in [0.2, 0.25) is 0 Å². The van der Waals surface area contributed by atoms with Gasteiger partial charge in [-0.25, -0.2) is 0 Å². The molecule has 0 radical (unpaired) electrons. The lowest BCUT2D eigenvalue weighted by atomic mass is 9.48. The van der Waals surface area contributed by atoms with Gasteiger partial charge in [0.15, 0.2) is 0 Å². The Morgan fingerprint density at radius 2 is 2.36 bits per heavy atom. The van der Waals surface area contributed by atoms with E-state index >= 15 is 0 Å². The summed E-state index contributed by atoms with van der Waals surface area (Å²) in [5.41, 5.74) is 2.46. The van der Waals surface area contributed by atoms with Gasteiger partial charge < -0.3 is 10.4 Å². The molecule has 22 heavy (non-hydrogen) atoms. The average molecular weight is 303 g/mol. The first-order valence-corrected chi connectivity index (χ1v) is 8.14. The third kappa shape index (κ3) is 2.58. The van der Waals surface area contributed by atoms with Crippen molar-refractivity contribution in [2.75, 3.05) is 13.2 Å². The fraction of sp³-hybridized carbons (Fsp3) is 0.647. The lowest BCUT2D eigenvalue weighted by Gasteiger charge is -2.56. The van der Waals surface area contributed by atoms with Gasteiger partial charge >= 0.3 is 0 Å². The zero-order valence-electron chi connectivity index (χ0n) is 13.4. The number of hydrogen-bond acceptors (Lipinski definition) is 3. The summed E-state index contributed by atoms with van der Waals surface area (Å²) in [5.74, 6) is 1.43. The van der Waals surface area contributed by atoms with Crippen LogP contribution in [-0.4, -0.2) is 33.9 Å². The summed E-state index contributed by atoms with van der Waals surface area (Å²) in [6.07, 6.45) is 7.41. The second-order valence-corrected chi connectivity index (χ2v) is 6.99. The molecular weight excluding hydrogens is 278 g/mol. The number of amides is 1. The maximum Gasteiger partial charge on any atom is 0.269 e. The van der Waals surface area contributed by atoms with Crippen molar-refractivity contribution in [1.82, 2.24) is 15.1 Å². The molecule has 5 nitrogen and oxygen atoms in total. The number of carbonyl (C=O) groups is 1. The molecule has 1 amide bonds. The van der Waals surface area contributed by atoms with Gasteiger partial charge in [-0.05, 0) is 42.6 Å². The highest BCUT2D eigenvalue weighted by Crippen LogP contribution is 2.59. The Bertz CT molecular complexity index is 588. The molecule has 0 spiro atoms. The highest BCUT2D eigenvalue weighted by molar-refractivity contribution is 5.92. The van der Waals surface area contributed by atoms with Gasteiger partial charge in [-0.15, -0.1) is 0 Å². The number of allylic oxidation sites excluding steroid dienone is 1. The number of aliphatic hydroxyl groups excluding tert-OH is 1. The Balaban J connectivity index is 1.52. The molecule has 2 bridgehead atoms. The van der Waals surface area contributed by atoms with Crippen molar-refractivity contribution >= 4 is 5.91 Å². The molecule has 120 valence electrons. The molecule has 2 atom stereocenters. The summed E-state index contributed by atoms with van der Waals surface area (Å²) < 4.78 is 1.54. The van der Waals surface area contributed by atoms with E-state index in [1.807, 2.05) is 0 Å². The molecule has 2 N–H and O–H groups in total. The number of nitrogens with zero attached hydrogens (tertiary/aromatic N) is 2. The van der Waals surface area contributed by atoms with Crippen molar-refractivity contribution in [2.45, 2.75) is 39.7 Å². The molecule has 1 aromatic rings. The van der Waals surface area contributed by atoms with Gasteiger partial charge in [0.05, 0.1) is 13.2 Å². The largest absolute Gasteiger partial charge is 0.394 e. The summed E-state index contributed by atoms with van der Waals surface area (Å²) in [4.78, 5) is 12.2. The SMILES string of the molecule is CC1(C)[C@H]2CC=C(CCNC(=O)c3ccnn3CCO)[C@@H]1C2. The van der Waals surface area contributed by atoms with Crippen LogP contribution in [0.15, 0.2) is 23.9 Å². The van der Waals surface area contributed by atoms with Crippen LogP contribution in [0, 0.1) is 17.3 Å². The maximum absolute atomic E-state index is 12.2. The highest BCUT2D eigenvalue weighted by atomic mass is 16.3. The Morgan fingerprint density at radius 1 is 1.55 bits per heavy atom. The van der Waals surface area contributed by atoms with Gasteiger partial charge in [-0.3, -0.25) is 9.48 Å². The molecule has 1 heterocycles. The van der Waals surface area contributed by atoms with E-state index in [2.05, 4.69) is 30.3 Å². The van der Waals surface area contributed by atoms with Crippen LogP contribution >= 0.6 is 0 Å². The Hall–Kier alpha value is -1.62. The summed E-state index contributed by atoms with van der Waals surface area (Å²) in [6, 6.07) is 1.69. The zero-order chi connectivity index (χ0) is 15.7. The molecule has 1 fully saturated rings. The van der Waals surface area contributed by atoms with E-state index < -0.39 is 0 Å². The van der Waals surface area contributed by atoms with Crippen molar-refractivity contribution in [2.24, 2.45) is 17.3 Å². The number of carbonyl (C=O) groups excluding carboxylic acids is 1. The molecule has 0 aliphatic heterocycles. The van der Waals surface area contributed by atoms with E-state index in [4.69, 9.17) is 5.11 Å². The van der Waals surface area contributed by atoms with E-state index in [0.29, 0.717) is 30.1 Å². The minimum absolute atomic E-state index is 0.0211. The van der Waals surface area contributed by atoms with E-state index in [-0.39, 0.29) is 12.5 Å². The minimum Gasteiger partial charge on any atom is -0.394 e. The van der Waals surface area contributed by atoms with E-state index in [0.717, 1.165) is 12.3 Å². The van der Waals surface area contributed by atoms with Crippen LogP contribution in [0.25, 0.3) is 0 Å². The number of aliphatic hydroxyl groups is 1. The van der Waals surface area contributed by atoms with Crippen LogP contribution in [0.5, 0.6) is 0 Å². The molecular formula is C17H25N3O2. The molecule has 1 saturated carbocycles. The summed E-state index contributed by atoms with van der Waals surface area (Å²) in [7, 11) is 0. The van der Waals surface area contributed by atoms with Crippen LogP contribution in [0.4, 0.5) is 0 Å². The molecule has 4 rings (SSSR count). The molecule has 0 unspecified atom stereocenters. The Kier molecular flexibility index (Phi) is 4.08. The minimum atomic E-state index is -0.117. The quantitative estimate of drug-likeness (QED) is 0.790. The number of fused-ring (bicyclic) bond motifs is 1. The second kappa shape index (κ2) is 5.88. The normalized spacial score (nSPS) is 25.3. The van der Waals surface area contributed by atoms with Crippen LogP contribution in [-0.2, 0) is 6.54 Å². The Morgan fingerprint density at radius 3 is 3.05 bits per heavy atom. The smallest absolute Gasteiger partial charge is 0.269 e. The standard InChI is InChI=1S/C17H25N3O2/c1-17(2)13-4-3-12(14(17)11-13)5-7-18-16(22)15-6-8-19-20(15)9-10-21/h3,6,8,13-14,21H,4-5,7,9-11H2,1-2H3,(H,18,22)/t13-,14-/m0/s1. The van der Waals surface area contributed by atoms with Gasteiger partial charge in [0.1, 0.15) is 5.69 Å². The first kappa shape index (κ1) is 15.3. The molecule has 0 aromatic carbocycles. The first-order chi connectivity index (χ1) is 10.5. The van der Waals surface area contributed by atoms with Gasteiger partial charge in [-0.2, -0.15) is 5.10 Å². The fourth-order valence-corrected chi connectivity index (χ4v) is 3.97. The van der Waals surface area contributed by atoms with Crippen molar-refractivity contribution in [3.05, 3.63) is 29.6 Å². The zero-order valence-corrected chi connectivity index (χ0v) is 13.4. The molecule has 5 heteroatoms. The lowest BCUT2D eigenvalue weighted by molar-refractivity contribution is -0.00811. The predicted molar refractivity (Wildman–Crippen MR) is 84.3 cm³/mol. The number of aromatic nitrogens is 2. The van der Waals surface area contributed by atoms with Crippen LogP contribution in [0.1, 0.15) is 43.6 Å². The number of rotatable bonds is 6. The van der Waals surface area contributed by atoms with Gasteiger partial charge in [0.25, 0.3) is 5.91 Å². The van der Waals surface area contributed by atoms with Crippen molar-refractivity contribution < 1.29 is 9.90 Å². The lowest BCUT2D eigenvalue weighted by Crippen LogP contribution is -2.48. The molecule has 0 saturated heterocycles. The van der Waals surface area contributed by atoms with Gasteiger partial charge in [0, 0.05) is 12.7 Å². The van der Waals surface area contributed by atoms with E-state index in [1.54, 1.807) is 12.3 Å². The molecule has 3 aliphatic rings. The van der Waals surface area contributed by atoms with E-state index in [9.17, 15) is 4.79 Å². The summed E-state index contributed by atoms with van der Waals surface area (Å²) in [6.45, 7) is 5.72. The summed E-state index contributed by atoms with van der Waals surface area (Å²) in [5, 5.41) is 16.0. The van der Waals surface area contributed by atoms with E-state index in [1.165, 1.54) is 23.1 Å². The predicted octanol–water partition coefficient (Wildman–Crippen LogP) is 1.99. The van der Waals surface area contributed by atoms with Crippen molar-refractivity contribution in [1.29, 1.82) is 0 Å². The van der Waals surface area contributed by atoms with Crippen LogP contribution < -0.4 is 5.32 Å². The fourth-order valence-electron chi connectivity index (χ4n) is 3.97. The molecule has 1 aromatic heterocycles. The first-order valence-electron chi connectivity index (χ1n) is 8.14. The Labute approximate surface area is 131 Å². The third-order valence-electron chi connectivity index (χ3n) is 5.54. The van der Waals surface area contributed by atoms with Gasteiger partial charge in [-0.1, -0.05) is 25.5 Å². The molecule has 3 aliphatic carbocycles. The number of hydrogen-bond donors (Lipinski definition) is 2. The van der Waals surface area contributed by atoms with Crippen LogP contribution in [0.3, 0.4) is 0 Å². The monoisotopic (exact) mass is 303 g/mol. The average Bonchev–Trinajstić information content (AvgIpc) is 2.96. The van der Waals surface area contributed by atoms with Crippen LogP contribution in [0.2, 0.25) is 0 Å². The second-order valence-electron chi connectivity index (χ2n) is 6.99. The third-order valence-corrected chi connectivity index (χ3v) is 5.54. The number of nitrogens with one attached hydrogen (secondary N) is 1. The summed E-state index contributed by atoms with van der Waals surface area (Å²) >= 11 is 0. The highest BCUT2D eigenvalue weighted by Gasteiger charge is 2.50. The topological polar surface area (TPSA) is 67.2 Å². The maximum atomic E-state index is 12.2. The van der Waals surface area contributed by atoms with Crippen molar-refractivity contribution in [3.63, 3.8) is 0 Å². The van der Waals surface area contributed by atoms with Crippen molar-refractivity contribution in [3.8, 4) is 0 Å².